The van der Waals surface area contributed by atoms with Crippen LogP contribution in [0.3, 0.4) is 0 Å². The number of anilines is 2. The van der Waals surface area contributed by atoms with E-state index in [9.17, 15) is 11.1 Å². The molecule has 0 radical (unpaired) electrons. The topological polar surface area (TPSA) is 44.9 Å². The van der Waals surface area contributed by atoms with E-state index in [0.29, 0.717) is 0 Å². The van der Waals surface area contributed by atoms with Gasteiger partial charge in [-0.3, -0.25) is 0 Å². The van der Waals surface area contributed by atoms with Crippen LogP contribution in [0, 0.1) is 25.7 Å². The Balaban J connectivity index is 1.48. The lowest BCUT2D eigenvalue weighted by atomic mass is 9.89. The van der Waals surface area contributed by atoms with Gasteiger partial charge in [0.1, 0.15) is 17.5 Å². The van der Waals surface area contributed by atoms with Crippen LogP contribution in [0.5, 0.6) is 0 Å². The van der Waals surface area contributed by atoms with Gasteiger partial charge in [0.2, 0.25) is 0 Å². The molecule has 1 fully saturated rings. The highest BCUT2D eigenvalue weighted by Crippen LogP contribution is 2.60. The maximum absolute atomic E-state index is 9.23. The van der Waals surface area contributed by atoms with Crippen LogP contribution >= 0.6 is 11.1 Å². The van der Waals surface area contributed by atoms with Crippen molar-refractivity contribution in [3.05, 3.63) is 136 Å². The fraction of sp³-hybridized carbons (Fsp3) is 0.327. The molecule has 1 aromatic heterocycles. The molecule has 1 saturated heterocycles. The second-order valence-corrected chi connectivity index (χ2v) is 22.4. The normalized spacial score (nSPS) is 22.9. The van der Waals surface area contributed by atoms with Gasteiger partial charge < -0.3 is 14.1 Å². The highest BCUT2D eigenvalue weighted by molar-refractivity contribution is 7.21. The predicted molar refractivity (Wildman–Crippen MR) is 254 cm³/mol. The van der Waals surface area contributed by atoms with Crippen LogP contribution in [0.2, 0.25) is 5.04 Å². The molecule has 59 heavy (non-hydrogen) atoms. The third-order valence-electron chi connectivity index (χ3n) is 14.3. The highest BCUT2D eigenvalue weighted by atomic mass is 35.6. The smallest absolute Gasteiger partial charge is 0.341 e. The average Bonchev–Trinajstić information content (AvgIpc) is 3.76. The van der Waals surface area contributed by atoms with Gasteiger partial charge >= 0.3 is 7.71 Å². The summed E-state index contributed by atoms with van der Waals surface area (Å²) in [5, 5.41) is 8.31. The van der Waals surface area contributed by atoms with E-state index in [-0.39, 0.29) is 16.9 Å². The van der Waals surface area contributed by atoms with E-state index >= 15 is 0 Å². The zero-order valence-corrected chi connectivity index (χ0v) is 37.3. The number of fused-ring (bicyclic) bond motifs is 9. The standard InChI is InChI=1S/C52H54ClN5Si/c1-8-30-52(7,10-3)59(53)57-45-29-28-32(4)46-35(9-2)44(36-20-14-15-22-38(36)46)31-54-49-42-26-18-19-27-43(42)51(58(49)59)56-48-34(6)33(5)47(39-23-16-17-24-40(39)48)55-50(57)41-25-13-11-12-21-37(41)45/h12,14-27,29,32,37,56H,8-11,13,28,30H2,1-7H3. The van der Waals surface area contributed by atoms with Gasteiger partial charge in [-0.1, -0.05) is 138 Å². The molecule has 0 amide bonds. The highest BCUT2D eigenvalue weighted by Gasteiger charge is 2.62. The van der Waals surface area contributed by atoms with Gasteiger partial charge in [-0.05, 0) is 97.6 Å². The first-order valence-corrected chi connectivity index (χ1v) is 24.8. The maximum Gasteiger partial charge on any atom is 0.384 e. The minimum absolute atomic E-state index is 0.0225. The van der Waals surface area contributed by atoms with Crippen LogP contribution in [-0.2, 0) is 0 Å². The third-order valence-corrected chi connectivity index (χ3v) is 20.9. The molecule has 0 spiro atoms. The summed E-state index contributed by atoms with van der Waals surface area (Å²) >= 11 is 9.23. The molecular weight excluding hydrogens is 758 g/mol. The number of rotatable bonds is 5. The number of hydrogen-bond donors (Lipinski definition) is 1. The van der Waals surface area contributed by atoms with Crippen LogP contribution in [0.1, 0.15) is 102 Å². The van der Waals surface area contributed by atoms with Gasteiger partial charge in [0, 0.05) is 49.3 Å². The monoisotopic (exact) mass is 811 g/mol. The quantitative estimate of drug-likeness (QED) is 0.109. The van der Waals surface area contributed by atoms with Crippen molar-refractivity contribution in [3.8, 4) is 0 Å². The Kier molecular flexibility index (Phi) is 9.21. The van der Waals surface area contributed by atoms with E-state index in [1.807, 2.05) is 0 Å². The van der Waals surface area contributed by atoms with Crippen molar-refractivity contribution in [2.45, 2.75) is 98.5 Å². The molecule has 1 N–H and O–H groups in total. The summed E-state index contributed by atoms with van der Waals surface area (Å²) in [4.78, 5) is 11.6. The van der Waals surface area contributed by atoms with Crippen LogP contribution in [0.15, 0.2) is 124 Å². The van der Waals surface area contributed by atoms with Crippen LogP contribution in [0.4, 0.5) is 23.0 Å². The molecule has 6 aliphatic rings. The summed E-state index contributed by atoms with van der Waals surface area (Å²) in [6.45, 7) is 16.3. The lowest BCUT2D eigenvalue weighted by molar-refractivity contribution is 0.474. The van der Waals surface area contributed by atoms with Crippen molar-refractivity contribution in [1.29, 1.82) is 0 Å². The van der Waals surface area contributed by atoms with Crippen molar-refractivity contribution in [2.75, 3.05) is 5.32 Å². The van der Waals surface area contributed by atoms with E-state index < -0.39 is 7.71 Å². The molecule has 0 saturated carbocycles. The first kappa shape index (κ1) is 38.1. The molecular formula is C52H54ClN5Si. The zero-order chi connectivity index (χ0) is 40.8. The van der Waals surface area contributed by atoms with E-state index in [4.69, 9.17) is 9.98 Å². The Hall–Kier alpha value is -5.13. The Bertz CT molecular complexity index is 2840. The number of aliphatic imine (C=N–C) groups is 2. The predicted octanol–water partition coefficient (Wildman–Crippen LogP) is 14.9. The molecule has 11 rings (SSSR count). The summed E-state index contributed by atoms with van der Waals surface area (Å²) in [6.07, 6.45) is 16.5. The second-order valence-electron chi connectivity index (χ2n) is 17.5. The lowest BCUT2D eigenvalue weighted by Crippen LogP contribution is -2.62. The molecule has 5 heterocycles. The Morgan fingerprint density at radius 3 is 2.34 bits per heavy atom. The SMILES string of the molecule is CCCC(C)(CC)[Si]1(Cl)N2C3=CCC(C)C4=C(CC)C(=C=Nc5c6ccccc6c(n51)Nc1c(C)c(C)c(c5ccccc15)N=C2C1=CCCC=CC13)c1ccccc14. The number of nitrogens with one attached hydrogen (secondary N) is 1. The Morgan fingerprint density at radius 1 is 0.881 bits per heavy atom. The molecule has 6 bridgehead atoms. The summed E-state index contributed by atoms with van der Waals surface area (Å²) in [5.41, 5.74) is 13.4. The molecule has 7 heteroatoms. The third kappa shape index (κ3) is 5.35. The summed E-state index contributed by atoms with van der Waals surface area (Å²) < 4.78 is 5.15. The second kappa shape index (κ2) is 14.3. The molecule has 298 valence electrons. The molecule has 4 aliphatic heterocycles. The largest absolute Gasteiger partial charge is 0.384 e. The fourth-order valence-electron chi connectivity index (χ4n) is 11.0. The van der Waals surface area contributed by atoms with Crippen molar-refractivity contribution in [3.63, 3.8) is 0 Å². The average molecular weight is 813 g/mol. The van der Waals surface area contributed by atoms with E-state index in [1.165, 1.54) is 44.7 Å². The molecule has 4 aromatic carbocycles. The van der Waals surface area contributed by atoms with Crippen LogP contribution in [-0.4, -0.2) is 28.2 Å². The van der Waals surface area contributed by atoms with E-state index in [0.717, 1.165) is 101 Å². The number of amidine groups is 1. The number of halogens is 1. The van der Waals surface area contributed by atoms with Gasteiger partial charge in [0.15, 0.2) is 0 Å². The number of allylic oxidation sites excluding steroid dienone is 7. The summed E-state index contributed by atoms with van der Waals surface area (Å²) in [6, 6.07) is 26.5. The Morgan fingerprint density at radius 2 is 1.59 bits per heavy atom. The van der Waals surface area contributed by atoms with Crippen molar-refractivity contribution < 1.29 is 0 Å². The number of aromatic nitrogens is 1. The molecule has 5 aromatic rings. The number of nitrogens with zero attached hydrogens (tertiary/aromatic N) is 4. The molecule has 2 aliphatic carbocycles. The fourth-order valence-corrected chi connectivity index (χ4v) is 17.0. The van der Waals surface area contributed by atoms with Crippen LogP contribution in [0.25, 0.3) is 32.7 Å². The minimum Gasteiger partial charge on any atom is -0.341 e. The van der Waals surface area contributed by atoms with Gasteiger partial charge in [-0.2, -0.15) is 4.99 Å². The van der Waals surface area contributed by atoms with Gasteiger partial charge in [-0.15, -0.1) is 11.1 Å². The van der Waals surface area contributed by atoms with Crippen molar-refractivity contribution >= 4 is 86.2 Å². The first-order chi connectivity index (χ1) is 28.7. The molecule has 5 nitrogen and oxygen atoms in total. The minimum atomic E-state index is -3.63. The maximum atomic E-state index is 9.23. The first-order valence-electron chi connectivity index (χ1n) is 21.9. The van der Waals surface area contributed by atoms with E-state index in [2.05, 4.69) is 166 Å². The summed E-state index contributed by atoms with van der Waals surface area (Å²) in [5.74, 6) is 6.90. The molecule has 4 atom stereocenters. The van der Waals surface area contributed by atoms with Crippen molar-refractivity contribution in [1.82, 2.24) is 8.80 Å². The number of benzene rings is 4. The van der Waals surface area contributed by atoms with Crippen molar-refractivity contribution in [2.24, 2.45) is 21.8 Å². The van der Waals surface area contributed by atoms with Crippen LogP contribution < -0.4 is 5.32 Å². The molecule has 4 unspecified atom stereocenters. The number of hydrogen-bond acceptors (Lipinski definition) is 4. The van der Waals surface area contributed by atoms with Gasteiger partial charge in [-0.25, -0.2) is 4.99 Å². The lowest BCUT2D eigenvalue weighted by Gasteiger charge is -2.49. The summed E-state index contributed by atoms with van der Waals surface area (Å²) in [7, 11) is -3.63. The van der Waals surface area contributed by atoms with Gasteiger partial charge in [0.25, 0.3) is 0 Å². The van der Waals surface area contributed by atoms with E-state index in [1.54, 1.807) is 0 Å². The van der Waals surface area contributed by atoms with Gasteiger partial charge in [0.05, 0.1) is 11.4 Å². The Labute approximate surface area is 355 Å². The zero-order valence-electron chi connectivity index (χ0n) is 35.5.